The molecular weight excluding hydrogens is 374 g/mol. The van der Waals surface area contributed by atoms with E-state index in [1.807, 2.05) is 0 Å². The Hall–Kier alpha value is -3.68. The zero-order valence-corrected chi connectivity index (χ0v) is 15.4. The molecule has 0 radical (unpaired) electrons. The SMILES string of the molecule is O=C(c1cc(=O)c2ccccc2o1)N1CCC(c2nnc(-c3ccoc3)o2)CC1. The van der Waals surface area contributed by atoms with Crippen molar-refractivity contribution < 1.29 is 18.0 Å². The van der Waals surface area contributed by atoms with Gasteiger partial charge in [-0.1, -0.05) is 12.1 Å². The molecule has 1 fully saturated rings. The maximum atomic E-state index is 12.8. The zero-order chi connectivity index (χ0) is 19.8. The molecule has 1 saturated heterocycles. The van der Waals surface area contributed by atoms with E-state index in [0.29, 0.717) is 48.7 Å². The van der Waals surface area contributed by atoms with Crippen molar-refractivity contribution in [1.82, 2.24) is 15.1 Å². The van der Waals surface area contributed by atoms with E-state index in [1.165, 1.54) is 6.07 Å². The lowest BCUT2D eigenvalue weighted by Gasteiger charge is -2.30. The number of piperidine rings is 1. The number of furan rings is 1. The number of hydrogen-bond acceptors (Lipinski definition) is 7. The van der Waals surface area contributed by atoms with Crippen LogP contribution in [0.25, 0.3) is 22.4 Å². The molecule has 146 valence electrons. The van der Waals surface area contributed by atoms with Crippen LogP contribution in [0.15, 0.2) is 67.0 Å². The van der Waals surface area contributed by atoms with Gasteiger partial charge in [0.1, 0.15) is 11.8 Å². The van der Waals surface area contributed by atoms with Gasteiger partial charge in [-0.3, -0.25) is 9.59 Å². The van der Waals surface area contributed by atoms with E-state index >= 15 is 0 Å². The van der Waals surface area contributed by atoms with Gasteiger partial charge >= 0.3 is 0 Å². The van der Waals surface area contributed by atoms with Gasteiger partial charge in [-0.15, -0.1) is 10.2 Å². The number of rotatable bonds is 3. The van der Waals surface area contributed by atoms with Crippen LogP contribution >= 0.6 is 0 Å². The Labute approximate surface area is 164 Å². The Kier molecular flexibility index (Phi) is 4.23. The molecule has 0 spiro atoms. The third-order valence-electron chi connectivity index (χ3n) is 5.19. The summed E-state index contributed by atoms with van der Waals surface area (Å²) >= 11 is 0. The van der Waals surface area contributed by atoms with Crippen LogP contribution in [0.3, 0.4) is 0 Å². The minimum atomic E-state index is -0.282. The van der Waals surface area contributed by atoms with Crippen molar-refractivity contribution in [3.05, 3.63) is 70.8 Å². The fourth-order valence-corrected chi connectivity index (χ4v) is 3.60. The highest BCUT2D eigenvalue weighted by Gasteiger charge is 2.29. The quantitative estimate of drug-likeness (QED) is 0.527. The minimum Gasteiger partial charge on any atom is -0.472 e. The average molecular weight is 391 g/mol. The maximum Gasteiger partial charge on any atom is 0.289 e. The largest absolute Gasteiger partial charge is 0.472 e. The summed E-state index contributed by atoms with van der Waals surface area (Å²) < 4.78 is 16.5. The first kappa shape index (κ1) is 17.4. The number of para-hydroxylation sites is 1. The van der Waals surface area contributed by atoms with Crippen LogP contribution in [-0.4, -0.2) is 34.1 Å². The van der Waals surface area contributed by atoms with Gasteiger partial charge < -0.3 is 18.2 Å². The molecule has 8 nitrogen and oxygen atoms in total. The minimum absolute atomic E-state index is 0.0622. The van der Waals surface area contributed by atoms with Gasteiger partial charge in [0.2, 0.25) is 5.89 Å². The molecule has 1 amide bonds. The lowest BCUT2D eigenvalue weighted by Crippen LogP contribution is -2.38. The van der Waals surface area contributed by atoms with Crippen LogP contribution in [0.4, 0.5) is 0 Å². The second-order valence-electron chi connectivity index (χ2n) is 7.00. The highest BCUT2D eigenvalue weighted by Crippen LogP contribution is 2.30. The molecule has 5 rings (SSSR count). The van der Waals surface area contributed by atoms with E-state index in [1.54, 1.807) is 47.8 Å². The Balaban J connectivity index is 1.29. The summed E-state index contributed by atoms with van der Waals surface area (Å²) in [5, 5.41) is 8.68. The molecule has 3 aromatic heterocycles. The first-order valence-corrected chi connectivity index (χ1v) is 9.37. The number of aromatic nitrogens is 2. The summed E-state index contributed by atoms with van der Waals surface area (Å²) in [7, 11) is 0. The molecule has 1 aliphatic heterocycles. The summed E-state index contributed by atoms with van der Waals surface area (Å²) in [5.74, 6) is 0.842. The highest BCUT2D eigenvalue weighted by molar-refractivity contribution is 5.93. The van der Waals surface area contributed by atoms with Crippen molar-refractivity contribution in [3.8, 4) is 11.5 Å². The molecule has 0 unspecified atom stereocenters. The lowest BCUT2D eigenvalue weighted by molar-refractivity contribution is 0.0675. The molecule has 8 heteroatoms. The fourth-order valence-electron chi connectivity index (χ4n) is 3.60. The summed E-state index contributed by atoms with van der Waals surface area (Å²) in [6.07, 6.45) is 4.48. The molecule has 0 atom stereocenters. The first-order chi connectivity index (χ1) is 14.2. The van der Waals surface area contributed by atoms with E-state index in [9.17, 15) is 9.59 Å². The van der Waals surface area contributed by atoms with Crippen molar-refractivity contribution in [2.45, 2.75) is 18.8 Å². The van der Waals surface area contributed by atoms with E-state index in [4.69, 9.17) is 13.3 Å². The summed E-state index contributed by atoms with van der Waals surface area (Å²) in [5.41, 5.74) is 0.932. The van der Waals surface area contributed by atoms with E-state index in [0.717, 1.165) is 5.56 Å². The van der Waals surface area contributed by atoms with Crippen LogP contribution in [0.2, 0.25) is 0 Å². The molecule has 0 saturated carbocycles. The van der Waals surface area contributed by atoms with Gasteiger partial charge in [-0.25, -0.2) is 0 Å². The predicted molar refractivity (Wildman–Crippen MR) is 102 cm³/mol. The number of likely N-dealkylation sites (tertiary alicyclic amines) is 1. The summed E-state index contributed by atoms with van der Waals surface area (Å²) in [4.78, 5) is 26.8. The second kappa shape index (κ2) is 7.05. The zero-order valence-electron chi connectivity index (χ0n) is 15.4. The van der Waals surface area contributed by atoms with Crippen molar-refractivity contribution in [2.75, 3.05) is 13.1 Å². The Morgan fingerprint density at radius 3 is 2.69 bits per heavy atom. The fraction of sp³-hybridized carbons (Fsp3) is 0.238. The van der Waals surface area contributed by atoms with Crippen LogP contribution < -0.4 is 5.43 Å². The normalized spacial score (nSPS) is 15.1. The van der Waals surface area contributed by atoms with Gasteiger partial charge in [-0.2, -0.15) is 0 Å². The third-order valence-corrected chi connectivity index (χ3v) is 5.19. The van der Waals surface area contributed by atoms with Crippen LogP contribution in [0, 0.1) is 0 Å². The molecule has 4 aromatic rings. The van der Waals surface area contributed by atoms with Crippen LogP contribution in [0.1, 0.15) is 35.2 Å². The Morgan fingerprint density at radius 1 is 1.07 bits per heavy atom. The maximum absolute atomic E-state index is 12.8. The van der Waals surface area contributed by atoms with Gasteiger partial charge in [0.25, 0.3) is 11.8 Å². The Bertz CT molecular complexity index is 1220. The third kappa shape index (κ3) is 3.22. The molecular formula is C21H17N3O5. The monoisotopic (exact) mass is 391 g/mol. The van der Waals surface area contributed by atoms with E-state index < -0.39 is 0 Å². The van der Waals surface area contributed by atoms with Crippen molar-refractivity contribution in [3.63, 3.8) is 0 Å². The topological polar surface area (TPSA) is 103 Å². The first-order valence-electron chi connectivity index (χ1n) is 9.37. The average Bonchev–Trinajstić information content (AvgIpc) is 3.45. The van der Waals surface area contributed by atoms with E-state index in [2.05, 4.69) is 10.2 Å². The van der Waals surface area contributed by atoms with Gasteiger partial charge in [-0.05, 0) is 31.0 Å². The van der Waals surface area contributed by atoms with Crippen LogP contribution in [0.5, 0.6) is 0 Å². The molecule has 4 heterocycles. The molecule has 0 N–H and O–H groups in total. The number of carbonyl (C=O) groups is 1. The molecule has 1 aliphatic rings. The van der Waals surface area contributed by atoms with Crippen molar-refractivity contribution in [1.29, 1.82) is 0 Å². The summed E-state index contributed by atoms with van der Waals surface area (Å²) in [6.45, 7) is 1.03. The van der Waals surface area contributed by atoms with Gasteiger partial charge in [0.05, 0.1) is 17.2 Å². The smallest absolute Gasteiger partial charge is 0.289 e. The number of carbonyl (C=O) groups excluding carboxylic acids is 1. The second-order valence-corrected chi connectivity index (χ2v) is 7.00. The number of fused-ring (bicyclic) bond motifs is 1. The lowest BCUT2D eigenvalue weighted by atomic mass is 9.96. The molecule has 29 heavy (non-hydrogen) atoms. The van der Waals surface area contributed by atoms with Crippen molar-refractivity contribution >= 4 is 16.9 Å². The Morgan fingerprint density at radius 2 is 1.90 bits per heavy atom. The number of benzene rings is 1. The molecule has 0 bridgehead atoms. The number of amides is 1. The molecule has 1 aromatic carbocycles. The predicted octanol–water partition coefficient (Wildman–Crippen LogP) is 3.46. The van der Waals surface area contributed by atoms with E-state index in [-0.39, 0.29) is 23.0 Å². The highest BCUT2D eigenvalue weighted by atomic mass is 16.4. The van der Waals surface area contributed by atoms with Crippen LogP contribution in [-0.2, 0) is 0 Å². The van der Waals surface area contributed by atoms with Gasteiger partial charge in [0, 0.05) is 25.1 Å². The number of hydrogen-bond donors (Lipinski definition) is 0. The number of nitrogens with zero attached hydrogens (tertiary/aromatic N) is 3. The summed E-state index contributed by atoms with van der Waals surface area (Å²) in [6, 6.07) is 9.94. The van der Waals surface area contributed by atoms with Gasteiger partial charge in [0.15, 0.2) is 11.2 Å². The van der Waals surface area contributed by atoms with Crippen molar-refractivity contribution in [2.24, 2.45) is 0 Å². The molecule has 0 aliphatic carbocycles. The standard InChI is InChI=1S/C21H17N3O5/c25-16-11-18(28-17-4-2-1-3-15(16)17)21(26)24-8-5-13(6-9-24)19-22-23-20(29-19)14-7-10-27-12-14/h1-4,7,10-13H,5-6,8-9H2.